The van der Waals surface area contributed by atoms with Crippen LogP contribution in [0, 0.1) is 11.8 Å². The van der Waals surface area contributed by atoms with Crippen molar-refractivity contribution >= 4 is 11.4 Å². The Morgan fingerprint density at radius 1 is 0.696 bits per heavy atom. The maximum Gasteiger partial charge on any atom is 0.106 e. The van der Waals surface area contributed by atoms with Crippen LogP contribution in [0.1, 0.15) is 36.8 Å². The number of quaternary nitrogens is 2. The summed E-state index contributed by atoms with van der Waals surface area (Å²) in [4.78, 5) is 5.65. The van der Waals surface area contributed by atoms with Crippen molar-refractivity contribution in [2.24, 2.45) is 11.8 Å². The Morgan fingerprint density at radius 3 is 1.57 bits per heavy atom. The molecule has 4 saturated heterocycles. The number of likely N-dealkylation sites (N-methyl/N-ethyl adjacent to an activating group) is 2. The number of rotatable bonds is 2. The van der Waals surface area contributed by atoms with Crippen molar-refractivity contribution in [3.8, 4) is 0 Å². The third-order valence-electron chi connectivity index (χ3n) is 15.1. The molecule has 4 fully saturated rings. The lowest BCUT2D eigenvalue weighted by molar-refractivity contribution is -0.923. The molecule has 0 saturated carbocycles. The van der Waals surface area contributed by atoms with E-state index in [4.69, 9.17) is 0 Å². The van der Waals surface area contributed by atoms with Crippen molar-refractivity contribution in [1.29, 1.82) is 0 Å². The quantitative estimate of drug-likeness (QED) is 0.390. The van der Waals surface area contributed by atoms with Gasteiger partial charge in [-0.1, -0.05) is 48.6 Å². The summed E-state index contributed by atoms with van der Waals surface area (Å²) in [7, 11) is 5.01. The average molecular weight is 615 g/mol. The van der Waals surface area contributed by atoms with Crippen molar-refractivity contribution in [2.75, 3.05) is 76.4 Å². The Balaban J connectivity index is 1.23. The van der Waals surface area contributed by atoms with Crippen molar-refractivity contribution in [2.45, 2.75) is 48.6 Å². The second-order valence-electron chi connectivity index (χ2n) is 16.7. The fraction of sp³-hybridized carbons (Fsp3) is 0.500. The lowest BCUT2D eigenvalue weighted by atomic mass is 9.59. The third kappa shape index (κ3) is 2.77. The first kappa shape index (κ1) is 26.9. The van der Waals surface area contributed by atoms with E-state index in [1.54, 1.807) is 33.7 Å². The molecule has 8 unspecified atom stereocenters. The predicted octanol–water partition coefficient (Wildman–Crippen LogP) is 4.37. The van der Waals surface area contributed by atoms with Gasteiger partial charge in [0.05, 0.1) is 51.2 Å². The molecule has 46 heavy (non-hydrogen) atoms. The SMILES string of the molecule is C[N+]12CCC34C5=C(CN6C7=C(CN5c5ccccc53)C3CC5C7(CC[N+]5(C)CC3=CCO)c3ccccc36)C(CC41)C(=CCO)C2. The van der Waals surface area contributed by atoms with Gasteiger partial charge in [0.25, 0.3) is 0 Å². The highest BCUT2D eigenvalue weighted by Crippen LogP contribution is 2.69. The van der Waals surface area contributed by atoms with Gasteiger partial charge in [0.1, 0.15) is 25.2 Å². The molecule has 7 aliphatic heterocycles. The molecule has 11 rings (SSSR count). The van der Waals surface area contributed by atoms with Crippen LogP contribution < -0.4 is 9.80 Å². The van der Waals surface area contributed by atoms with Crippen LogP contribution in [0.3, 0.4) is 0 Å². The first-order valence-electron chi connectivity index (χ1n) is 17.9. The molecule has 6 nitrogen and oxygen atoms in total. The van der Waals surface area contributed by atoms with E-state index in [9.17, 15) is 10.2 Å². The summed E-state index contributed by atoms with van der Waals surface area (Å²) in [5.41, 5.74) is 15.5. The van der Waals surface area contributed by atoms with E-state index in [0.717, 1.165) is 35.1 Å². The molecule has 236 valence electrons. The number of piperidine rings is 2. The highest BCUT2D eigenvalue weighted by atomic mass is 16.3. The summed E-state index contributed by atoms with van der Waals surface area (Å²) < 4.78 is 2.18. The van der Waals surface area contributed by atoms with Gasteiger partial charge in [-0.2, -0.15) is 0 Å². The van der Waals surface area contributed by atoms with E-state index in [1.165, 1.54) is 61.3 Å². The number of hydrogen-bond acceptors (Lipinski definition) is 4. The molecule has 7 heterocycles. The maximum absolute atomic E-state index is 10.3. The summed E-state index contributed by atoms with van der Waals surface area (Å²) in [6, 6.07) is 20.0. The minimum Gasteiger partial charge on any atom is -0.392 e. The van der Waals surface area contributed by atoms with Crippen LogP contribution in [0.15, 0.2) is 94.4 Å². The summed E-state index contributed by atoms with van der Waals surface area (Å²) in [6.07, 6.45) is 9.11. The number of hydrogen-bond donors (Lipinski definition) is 2. The van der Waals surface area contributed by atoms with E-state index in [0.29, 0.717) is 23.9 Å². The van der Waals surface area contributed by atoms with Crippen molar-refractivity contribution < 1.29 is 19.2 Å². The monoisotopic (exact) mass is 614 g/mol. The minimum absolute atomic E-state index is 0.0489. The molecule has 6 heteroatoms. The molecule has 2 N–H and O–H groups in total. The molecule has 2 aliphatic carbocycles. The summed E-state index contributed by atoms with van der Waals surface area (Å²) in [5, 5.41) is 20.6. The van der Waals surface area contributed by atoms with Crippen LogP contribution >= 0.6 is 0 Å². The number of nitrogens with zero attached hydrogens (tertiary/aromatic N) is 4. The van der Waals surface area contributed by atoms with Gasteiger partial charge in [-0.25, -0.2) is 0 Å². The molecule has 9 aliphatic rings. The van der Waals surface area contributed by atoms with E-state index < -0.39 is 0 Å². The molecule has 0 radical (unpaired) electrons. The van der Waals surface area contributed by atoms with E-state index >= 15 is 0 Å². The largest absolute Gasteiger partial charge is 0.392 e. The van der Waals surface area contributed by atoms with Crippen molar-refractivity contribution in [3.05, 3.63) is 105 Å². The summed E-state index contributed by atoms with van der Waals surface area (Å²) in [6.45, 7) is 6.61. The first-order chi connectivity index (χ1) is 22.4. The Labute approximate surface area is 272 Å². The van der Waals surface area contributed by atoms with Crippen LogP contribution in [0.5, 0.6) is 0 Å². The van der Waals surface area contributed by atoms with Gasteiger partial charge in [0, 0.05) is 73.4 Å². The Hall–Kier alpha value is -3.16. The number of benzene rings is 2. The standard InChI is InChI=1S/C40H46N4O2/c1-43-15-13-39-31-7-3-5-9-33(31)41-22-30-28-20-36-40(14-16-44(36,2)24-26(28)12-18-46)32-8-4-6-10-34(32)42(38(30)40)21-29(37(39)41)27(19-35(39)43)25(23-43)11-17-45/h3-12,27-28,35-36,45-46H,13-24H2,1-2H3/q+2. The van der Waals surface area contributed by atoms with Gasteiger partial charge in [0.15, 0.2) is 0 Å². The van der Waals surface area contributed by atoms with Gasteiger partial charge in [-0.15, -0.1) is 0 Å². The van der Waals surface area contributed by atoms with Crippen LogP contribution in [0.2, 0.25) is 0 Å². The lowest BCUT2D eigenvalue weighted by Gasteiger charge is -2.56. The van der Waals surface area contributed by atoms with Gasteiger partial charge in [-0.3, -0.25) is 0 Å². The van der Waals surface area contributed by atoms with E-state index in [2.05, 4.69) is 84.6 Å². The van der Waals surface area contributed by atoms with Gasteiger partial charge < -0.3 is 29.0 Å². The number of para-hydroxylation sites is 2. The molecule has 4 bridgehead atoms. The van der Waals surface area contributed by atoms with Crippen LogP contribution in [-0.4, -0.2) is 97.8 Å². The normalized spacial score (nSPS) is 43.6. The van der Waals surface area contributed by atoms with Crippen molar-refractivity contribution in [1.82, 2.24) is 0 Å². The number of fused-ring (bicyclic) bond motifs is 8. The third-order valence-corrected chi connectivity index (χ3v) is 15.1. The second-order valence-corrected chi connectivity index (χ2v) is 16.7. The lowest BCUT2D eigenvalue weighted by Crippen LogP contribution is -2.64. The molecule has 0 aromatic heterocycles. The molecule has 0 amide bonds. The second kappa shape index (κ2) is 8.46. The first-order valence-corrected chi connectivity index (χ1v) is 17.9. The Bertz CT molecular complexity index is 1750. The molecular weight excluding hydrogens is 568 g/mol. The summed E-state index contributed by atoms with van der Waals surface area (Å²) >= 11 is 0. The zero-order valence-electron chi connectivity index (χ0n) is 27.3. The molecule has 2 aromatic rings. The minimum atomic E-state index is 0.0489. The summed E-state index contributed by atoms with van der Waals surface area (Å²) in [5.74, 6) is 0.759. The predicted molar refractivity (Wildman–Crippen MR) is 180 cm³/mol. The highest BCUT2D eigenvalue weighted by Gasteiger charge is 2.72. The topological polar surface area (TPSA) is 46.9 Å². The fourth-order valence-corrected chi connectivity index (χ4v) is 13.7. The molecule has 8 atom stereocenters. The van der Waals surface area contributed by atoms with Crippen LogP contribution in [-0.2, 0) is 10.8 Å². The average Bonchev–Trinajstić information content (AvgIpc) is 3.73. The van der Waals surface area contributed by atoms with Crippen LogP contribution in [0.4, 0.5) is 11.4 Å². The molecule has 2 spiro atoms. The van der Waals surface area contributed by atoms with E-state index in [-0.39, 0.29) is 24.0 Å². The Kier molecular flexibility index (Phi) is 4.94. The number of anilines is 2. The fourth-order valence-electron chi connectivity index (χ4n) is 13.7. The Morgan fingerprint density at radius 2 is 1.13 bits per heavy atom. The molecule has 2 aromatic carbocycles. The van der Waals surface area contributed by atoms with Gasteiger partial charge in [-0.05, 0) is 45.6 Å². The molecular formula is C40H46N4O2+2. The maximum atomic E-state index is 10.3. The highest BCUT2D eigenvalue weighted by molar-refractivity contribution is 5.80. The zero-order valence-corrected chi connectivity index (χ0v) is 27.3. The number of aliphatic hydroxyl groups excluding tert-OH is 2. The number of aliphatic hydroxyl groups is 2. The smallest absolute Gasteiger partial charge is 0.106 e. The van der Waals surface area contributed by atoms with Crippen LogP contribution in [0.25, 0.3) is 0 Å². The van der Waals surface area contributed by atoms with Crippen molar-refractivity contribution in [3.63, 3.8) is 0 Å². The van der Waals surface area contributed by atoms with E-state index in [1.807, 2.05) is 0 Å². The van der Waals surface area contributed by atoms with Gasteiger partial charge in [0.2, 0.25) is 0 Å². The zero-order chi connectivity index (χ0) is 30.8. The van der Waals surface area contributed by atoms with Gasteiger partial charge >= 0.3 is 0 Å².